The van der Waals surface area contributed by atoms with Gasteiger partial charge in [0.15, 0.2) is 0 Å². The van der Waals surface area contributed by atoms with Gasteiger partial charge in [-0.15, -0.1) is 11.3 Å². The Labute approximate surface area is 82.3 Å². The molecule has 0 bridgehead atoms. The molecule has 1 aliphatic carbocycles. The molecule has 0 unspecified atom stereocenters. The Balaban J connectivity index is 2.20. The minimum absolute atomic E-state index is 0.276. The Morgan fingerprint density at radius 3 is 2.92 bits per heavy atom. The monoisotopic (exact) mass is 194 g/mol. The molecule has 0 atom stereocenters. The van der Waals surface area contributed by atoms with E-state index < -0.39 is 0 Å². The van der Waals surface area contributed by atoms with Gasteiger partial charge in [-0.3, -0.25) is 5.41 Å². The highest BCUT2D eigenvalue weighted by atomic mass is 32.1. The summed E-state index contributed by atoms with van der Waals surface area (Å²) in [7, 11) is 0. The molecule has 0 aliphatic heterocycles. The van der Waals surface area contributed by atoms with Crippen LogP contribution in [-0.4, -0.2) is 5.84 Å². The van der Waals surface area contributed by atoms with Crippen LogP contribution < -0.4 is 5.73 Å². The largest absolute Gasteiger partial charge is 0.387 e. The van der Waals surface area contributed by atoms with Crippen molar-refractivity contribution >= 4 is 17.2 Å². The van der Waals surface area contributed by atoms with Crippen LogP contribution in [0.5, 0.6) is 0 Å². The molecule has 2 rings (SSSR count). The molecular weight excluding hydrogens is 180 g/mol. The third-order valence-electron chi connectivity index (χ3n) is 2.41. The van der Waals surface area contributed by atoms with Crippen molar-refractivity contribution in [2.45, 2.75) is 32.1 Å². The maximum absolute atomic E-state index is 7.23. The summed E-state index contributed by atoms with van der Waals surface area (Å²) < 4.78 is 0. The number of hydrogen-bond acceptors (Lipinski definition) is 2. The van der Waals surface area contributed by atoms with Gasteiger partial charge in [-0.2, -0.15) is 0 Å². The molecule has 1 aliphatic rings. The molecule has 1 aromatic heterocycles. The maximum atomic E-state index is 7.23. The molecule has 3 heteroatoms. The highest BCUT2D eigenvalue weighted by Crippen LogP contribution is 2.29. The highest BCUT2D eigenvalue weighted by Gasteiger charge is 2.13. The Bertz CT molecular complexity index is 304. The standard InChI is InChI=1S/C10H14N2S/c11-10(12)6-8-5-7-3-1-2-4-9(7)13-8/h5H,1-4,6H2,(H3,11,12). The van der Waals surface area contributed by atoms with Crippen molar-refractivity contribution in [1.82, 2.24) is 0 Å². The van der Waals surface area contributed by atoms with Gasteiger partial charge in [0, 0.05) is 16.2 Å². The molecule has 1 heterocycles. The number of nitrogens with one attached hydrogen (secondary N) is 1. The van der Waals surface area contributed by atoms with Gasteiger partial charge in [0.2, 0.25) is 0 Å². The lowest BCUT2D eigenvalue weighted by molar-refractivity contribution is 0.697. The van der Waals surface area contributed by atoms with Crippen LogP contribution in [0.1, 0.15) is 28.2 Å². The maximum Gasteiger partial charge on any atom is 0.0958 e. The first kappa shape index (κ1) is 8.75. The number of rotatable bonds is 2. The van der Waals surface area contributed by atoms with Crippen molar-refractivity contribution in [2.24, 2.45) is 5.73 Å². The van der Waals surface area contributed by atoms with Crippen LogP contribution in [0, 0.1) is 5.41 Å². The normalized spacial score (nSPS) is 15.4. The summed E-state index contributed by atoms with van der Waals surface area (Å²) in [6.45, 7) is 0. The Hall–Kier alpha value is -0.830. The zero-order chi connectivity index (χ0) is 9.26. The molecule has 2 nitrogen and oxygen atoms in total. The summed E-state index contributed by atoms with van der Waals surface area (Å²) in [6, 6.07) is 2.24. The van der Waals surface area contributed by atoms with Gasteiger partial charge in [0.25, 0.3) is 0 Å². The lowest BCUT2D eigenvalue weighted by Crippen LogP contribution is -2.11. The lowest BCUT2D eigenvalue weighted by atomic mass is 9.99. The van der Waals surface area contributed by atoms with E-state index in [2.05, 4.69) is 6.07 Å². The van der Waals surface area contributed by atoms with E-state index in [1.54, 1.807) is 0 Å². The molecule has 0 saturated heterocycles. The summed E-state index contributed by atoms with van der Waals surface area (Å²) in [5.74, 6) is 0.276. The predicted molar refractivity (Wildman–Crippen MR) is 56.6 cm³/mol. The van der Waals surface area contributed by atoms with Gasteiger partial charge in [0.05, 0.1) is 5.84 Å². The van der Waals surface area contributed by atoms with E-state index in [1.807, 2.05) is 11.3 Å². The van der Waals surface area contributed by atoms with E-state index in [9.17, 15) is 0 Å². The first-order valence-corrected chi connectivity index (χ1v) is 5.50. The van der Waals surface area contributed by atoms with Gasteiger partial charge in [0.1, 0.15) is 0 Å². The van der Waals surface area contributed by atoms with Gasteiger partial charge in [-0.05, 0) is 37.3 Å². The minimum Gasteiger partial charge on any atom is -0.387 e. The number of nitrogens with two attached hydrogens (primary N) is 1. The molecule has 70 valence electrons. The smallest absolute Gasteiger partial charge is 0.0958 e. The summed E-state index contributed by atoms with van der Waals surface area (Å²) in [5.41, 5.74) is 6.88. The average Bonchev–Trinajstić information content (AvgIpc) is 2.44. The molecule has 1 aromatic rings. The predicted octanol–water partition coefficient (Wildman–Crippen LogP) is 2.11. The van der Waals surface area contributed by atoms with Crippen LogP contribution in [0.3, 0.4) is 0 Å². The van der Waals surface area contributed by atoms with Gasteiger partial charge >= 0.3 is 0 Å². The zero-order valence-electron chi connectivity index (χ0n) is 7.60. The zero-order valence-corrected chi connectivity index (χ0v) is 8.41. The fourth-order valence-electron chi connectivity index (χ4n) is 1.83. The lowest BCUT2D eigenvalue weighted by Gasteiger charge is -2.08. The van der Waals surface area contributed by atoms with Crippen molar-refractivity contribution < 1.29 is 0 Å². The molecular formula is C10H14N2S. The van der Waals surface area contributed by atoms with Gasteiger partial charge in [-0.25, -0.2) is 0 Å². The first-order valence-electron chi connectivity index (χ1n) is 4.69. The Kier molecular flexibility index (Phi) is 2.36. The van der Waals surface area contributed by atoms with Gasteiger partial charge in [-0.1, -0.05) is 0 Å². The van der Waals surface area contributed by atoms with Crippen LogP contribution in [0.4, 0.5) is 0 Å². The molecule has 0 amide bonds. The molecule has 0 spiro atoms. The second kappa shape index (κ2) is 3.50. The number of thiophene rings is 1. The summed E-state index contributed by atoms with van der Waals surface area (Å²) >= 11 is 1.84. The Morgan fingerprint density at radius 1 is 1.46 bits per heavy atom. The van der Waals surface area contributed by atoms with Crippen LogP contribution >= 0.6 is 11.3 Å². The van der Waals surface area contributed by atoms with Crippen molar-refractivity contribution in [3.8, 4) is 0 Å². The Morgan fingerprint density at radius 2 is 2.23 bits per heavy atom. The average molecular weight is 194 g/mol. The summed E-state index contributed by atoms with van der Waals surface area (Å²) in [6.07, 6.45) is 5.75. The third-order valence-corrected chi connectivity index (χ3v) is 3.65. The van der Waals surface area contributed by atoms with Crippen molar-refractivity contribution in [3.63, 3.8) is 0 Å². The topological polar surface area (TPSA) is 49.9 Å². The van der Waals surface area contributed by atoms with Crippen molar-refractivity contribution in [1.29, 1.82) is 5.41 Å². The molecule has 0 fully saturated rings. The highest BCUT2D eigenvalue weighted by molar-refractivity contribution is 7.12. The van der Waals surface area contributed by atoms with E-state index in [0.29, 0.717) is 6.42 Å². The fraction of sp³-hybridized carbons (Fsp3) is 0.500. The van der Waals surface area contributed by atoms with Crippen molar-refractivity contribution in [2.75, 3.05) is 0 Å². The molecule has 0 saturated carbocycles. The van der Waals surface area contributed by atoms with E-state index in [-0.39, 0.29) is 5.84 Å². The van der Waals surface area contributed by atoms with E-state index >= 15 is 0 Å². The number of hydrogen-bond donors (Lipinski definition) is 2. The van der Waals surface area contributed by atoms with Crippen LogP contribution in [0.15, 0.2) is 6.07 Å². The first-order chi connectivity index (χ1) is 6.25. The minimum atomic E-state index is 0.276. The number of fused-ring (bicyclic) bond motifs is 1. The van der Waals surface area contributed by atoms with Crippen LogP contribution in [0.25, 0.3) is 0 Å². The van der Waals surface area contributed by atoms with Gasteiger partial charge < -0.3 is 5.73 Å². The third kappa shape index (κ3) is 1.91. The molecule has 0 aromatic carbocycles. The number of aryl methyl sites for hydroxylation is 2. The molecule has 0 radical (unpaired) electrons. The quantitative estimate of drug-likeness (QED) is 0.550. The van der Waals surface area contributed by atoms with Crippen molar-refractivity contribution in [3.05, 3.63) is 21.4 Å². The second-order valence-electron chi connectivity index (χ2n) is 3.57. The summed E-state index contributed by atoms with van der Waals surface area (Å²) in [4.78, 5) is 2.79. The van der Waals surface area contributed by atoms with E-state index in [4.69, 9.17) is 11.1 Å². The molecule has 3 N–H and O–H groups in total. The summed E-state index contributed by atoms with van der Waals surface area (Å²) in [5, 5.41) is 7.23. The van der Waals surface area contributed by atoms with Crippen LogP contribution in [-0.2, 0) is 19.3 Å². The number of amidine groups is 1. The molecule has 13 heavy (non-hydrogen) atoms. The SMILES string of the molecule is N=C(N)Cc1cc2c(s1)CCCC2. The van der Waals surface area contributed by atoms with Crippen LogP contribution in [0.2, 0.25) is 0 Å². The van der Waals surface area contributed by atoms with E-state index in [1.165, 1.54) is 41.0 Å². The second-order valence-corrected chi connectivity index (χ2v) is 4.79. The van der Waals surface area contributed by atoms with E-state index in [0.717, 1.165) is 0 Å². The fourth-order valence-corrected chi connectivity index (χ4v) is 3.11.